The van der Waals surface area contributed by atoms with Crippen LogP contribution in [0.4, 0.5) is 0 Å². The molecule has 4 rings (SSSR count). The minimum Gasteiger partial charge on any atom is -0.441 e. The van der Waals surface area contributed by atoms with E-state index in [-0.39, 0.29) is 11.3 Å². The van der Waals surface area contributed by atoms with E-state index in [1.165, 1.54) is 12.8 Å². The van der Waals surface area contributed by atoms with Crippen molar-refractivity contribution in [2.75, 3.05) is 19.6 Å². The van der Waals surface area contributed by atoms with Gasteiger partial charge in [-0.05, 0) is 43.9 Å². The Balaban J connectivity index is 1.39. The lowest BCUT2D eigenvalue weighted by Crippen LogP contribution is -2.44. The molecule has 0 bridgehead atoms. The first-order valence-corrected chi connectivity index (χ1v) is 8.53. The lowest BCUT2D eigenvalue weighted by molar-refractivity contribution is -0.131. The fourth-order valence-corrected chi connectivity index (χ4v) is 4.22. The van der Waals surface area contributed by atoms with Crippen molar-refractivity contribution < 1.29 is 9.21 Å². The molecule has 1 aromatic heterocycles. The topological polar surface area (TPSA) is 67.2 Å². The monoisotopic (exact) mass is 313 g/mol. The molecule has 2 aliphatic rings. The van der Waals surface area contributed by atoms with Gasteiger partial charge in [-0.2, -0.15) is 0 Å². The molecule has 2 atom stereocenters. The second-order valence-electron chi connectivity index (χ2n) is 6.91. The van der Waals surface area contributed by atoms with Gasteiger partial charge < -0.3 is 15.1 Å². The van der Waals surface area contributed by atoms with Gasteiger partial charge in [-0.3, -0.25) is 4.79 Å². The number of rotatable bonds is 4. The van der Waals surface area contributed by atoms with E-state index in [0.29, 0.717) is 24.8 Å². The maximum absolute atomic E-state index is 12.7. The molecule has 1 saturated heterocycles. The molecule has 2 N–H and O–H groups in total. The number of aromatic nitrogens is 1. The fourth-order valence-electron chi connectivity index (χ4n) is 4.22. The number of benzene rings is 1. The average Bonchev–Trinajstić information content (AvgIpc) is 3.20. The van der Waals surface area contributed by atoms with Gasteiger partial charge in [-0.15, -0.1) is 0 Å². The van der Waals surface area contributed by atoms with Crippen molar-refractivity contribution >= 4 is 17.0 Å². The Bertz CT molecular complexity index is 727. The molecule has 0 spiro atoms. The summed E-state index contributed by atoms with van der Waals surface area (Å²) in [4.78, 5) is 17.2. The third-order valence-electron chi connectivity index (χ3n) is 5.53. The van der Waals surface area contributed by atoms with E-state index in [1.54, 1.807) is 0 Å². The number of nitrogens with one attached hydrogen (secondary N) is 2. The first kappa shape index (κ1) is 14.7. The van der Waals surface area contributed by atoms with Gasteiger partial charge in [0.25, 0.3) is 0 Å². The van der Waals surface area contributed by atoms with Crippen molar-refractivity contribution in [2.45, 2.75) is 32.6 Å². The second-order valence-corrected chi connectivity index (χ2v) is 6.91. The van der Waals surface area contributed by atoms with Crippen molar-refractivity contribution in [3.05, 3.63) is 29.7 Å². The fraction of sp³-hybridized carbons (Fsp3) is 0.556. The molecule has 1 aromatic carbocycles. The molecular formula is C18H23N3O2. The van der Waals surface area contributed by atoms with Crippen LogP contribution in [-0.2, 0) is 11.2 Å². The minimum absolute atomic E-state index is 0.169. The number of para-hydroxylation sites is 1. The highest BCUT2D eigenvalue weighted by Crippen LogP contribution is 2.45. The van der Waals surface area contributed by atoms with Crippen LogP contribution in [-0.4, -0.2) is 30.5 Å². The van der Waals surface area contributed by atoms with Gasteiger partial charge in [0.05, 0.1) is 5.41 Å². The molecular weight excluding hydrogens is 290 g/mol. The van der Waals surface area contributed by atoms with Crippen molar-refractivity contribution in [1.29, 1.82) is 0 Å². The summed E-state index contributed by atoms with van der Waals surface area (Å²) in [6.45, 7) is 4.42. The average molecular weight is 313 g/mol. The Hall–Kier alpha value is -1.88. The first-order valence-electron chi connectivity index (χ1n) is 8.53. The number of carbonyl (C=O) groups is 1. The van der Waals surface area contributed by atoms with Gasteiger partial charge in [0.2, 0.25) is 5.91 Å². The largest absolute Gasteiger partial charge is 0.441 e. The predicted octanol–water partition coefficient (Wildman–Crippen LogP) is 2.18. The summed E-state index contributed by atoms with van der Waals surface area (Å²) in [5, 5.41) is 6.50. The minimum atomic E-state index is -0.169. The van der Waals surface area contributed by atoms with Crippen LogP contribution in [0.15, 0.2) is 22.6 Å². The summed E-state index contributed by atoms with van der Waals surface area (Å²) in [6, 6.07) is 5.94. The number of hydrogen-bond donors (Lipinski definition) is 2. The van der Waals surface area contributed by atoms with Crippen LogP contribution >= 0.6 is 0 Å². The van der Waals surface area contributed by atoms with Crippen LogP contribution < -0.4 is 10.6 Å². The van der Waals surface area contributed by atoms with E-state index in [0.717, 1.165) is 36.2 Å². The molecule has 5 nitrogen and oxygen atoms in total. The van der Waals surface area contributed by atoms with Gasteiger partial charge in [-0.1, -0.05) is 18.6 Å². The third kappa shape index (κ3) is 2.43. The van der Waals surface area contributed by atoms with E-state index in [9.17, 15) is 4.79 Å². The van der Waals surface area contributed by atoms with Crippen LogP contribution in [0.3, 0.4) is 0 Å². The summed E-state index contributed by atoms with van der Waals surface area (Å²) in [5.41, 5.74) is 2.69. The summed E-state index contributed by atoms with van der Waals surface area (Å²) in [6.07, 6.45) is 3.99. The van der Waals surface area contributed by atoms with E-state index < -0.39 is 0 Å². The quantitative estimate of drug-likeness (QED) is 0.908. The molecule has 23 heavy (non-hydrogen) atoms. The van der Waals surface area contributed by atoms with Gasteiger partial charge in [0.1, 0.15) is 5.52 Å². The maximum Gasteiger partial charge on any atom is 0.227 e. The number of oxazole rings is 1. The number of nitrogens with zero attached hydrogens (tertiary/aromatic N) is 1. The maximum atomic E-state index is 12.7. The molecule has 1 saturated carbocycles. The standard InChI is InChI=1S/C18H23N3O2/c1-12-4-2-6-14-16(12)21-15(23-14)7-9-20-17(22)18-8-3-5-13(18)10-19-11-18/h2,4,6,13,19H,3,5,7-11H2,1H3,(H,20,22)/t13-,18-/m1/s1. The molecule has 2 heterocycles. The van der Waals surface area contributed by atoms with Gasteiger partial charge in [0.15, 0.2) is 11.5 Å². The van der Waals surface area contributed by atoms with E-state index in [2.05, 4.69) is 15.6 Å². The van der Waals surface area contributed by atoms with Crippen molar-refractivity contribution in [2.24, 2.45) is 11.3 Å². The van der Waals surface area contributed by atoms with Crippen molar-refractivity contribution in [1.82, 2.24) is 15.6 Å². The lowest BCUT2D eigenvalue weighted by atomic mass is 9.80. The summed E-state index contributed by atoms with van der Waals surface area (Å²) >= 11 is 0. The molecule has 5 heteroatoms. The highest BCUT2D eigenvalue weighted by Gasteiger charge is 2.51. The number of fused-ring (bicyclic) bond motifs is 2. The number of aryl methyl sites for hydroxylation is 1. The Morgan fingerprint density at radius 2 is 2.43 bits per heavy atom. The Morgan fingerprint density at radius 3 is 3.30 bits per heavy atom. The highest BCUT2D eigenvalue weighted by molar-refractivity contribution is 5.84. The zero-order chi connectivity index (χ0) is 15.9. The van der Waals surface area contributed by atoms with Crippen LogP contribution in [0.25, 0.3) is 11.1 Å². The normalized spacial score (nSPS) is 26.6. The molecule has 0 radical (unpaired) electrons. The van der Waals surface area contributed by atoms with Gasteiger partial charge in [-0.25, -0.2) is 4.98 Å². The smallest absolute Gasteiger partial charge is 0.227 e. The molecule has 2 aromatic rings. The molecule has 122 valence electrons. The molecule has 2 fully saturated rings. The second kappa shape index (κ2) is 5.64. The Labute approximate surface area is 135 Å². The summed E-state index contributed by atoms with van der Waals surface area (Å²) in [7, 11) is 0. The molecule has 1 aliphatic carbocycles. The number of amides is 1. The van der Waals surface area contributed by atoms with Crippen LogP contribution in [0.5, 0.6) is 0 Å². The number of hydrogen-bond acceptors (Lipinski definition) is 4. The van der Waals surface area contributed by atoms with Crippen LogP contribution in [0.1, 0.15) is 30.7 Å². The van der Waals surface area contributed by atoms with E-state index in [4.69, 9.17) is 4.42 Å². The predicted molar refractivity (Wildman–Crippen MR) is 88.1 cm³/mol. The Kier molecular flexibility index (Phi) is 3.60. The highest BCUT2D eigenvalue weighted by atomic mass is 16.3. The van der Waals surface area contributed by atoms with Gasteiger partial charge >= 0.3 is 0 Å². The lowest BCUT2D eigenvalue weighted by Gasteiger charge is -2.26. The summed E-state index contributed by atoms with van der Waals surface area (Å²) in [5.74, 6) is 1.41. The zero-order valence-electron chi connectivity index (χ0n) is 13.5. The molecule has 0 unspecified atom stereocenters. The Morgan fingerprint density at radius 1 is 1.52 bits per heavy atom. The first-order chi connectivity index (χ1) is 11.2. The van der Waals surface area contributed by atoms with E-state index in [1.807, 2.05) is 25.1 Å². The summed E-state index contributed by atoms with van der Waals surface area (Å²) < 4.78 is 5.77. The number of carbonyl (C=O) groups excluding carboxylic acids is 1. The van der Waals surface area contributed by atoms with E-state index >= 15 is 0 Å². The van der Waals surface area contributed by atoms with Gasteiger partial charge in [0, 0.05) is 19.5 Å². The van der Waals surface area contributed by atoms with Crippen LogP contribution in [0.2, 0.25) is 0 Å². The third-order valence-corrected chi connectivity index (χ3v) is 5.53. The zero-order valence-corrected chi connectivity index (χ0v) is 13.5. The van der Waals surface area contributed by atoms with Crippen molar-refractivity contribution in [3.63, 3.8) is 0 Å². The molecule has 1 aliphatic heterocycles. The molecule has 1 amide bonds. The van der Waals surface area contributed by atoms with Crippen LogP contribution in [0, 0.1) is 18.3 Å². The van der Waals surface area contributed by atoms with Crippen molar-refractivity contribution in [3.8, 4) is 0 Å². The SMILES string of the molecule is Cc1cccc2oc(CCNC(=O)[C@@]34CCC[C@@H]3CNC4)nc12.